The maximum atomic E-state index is 4.56. The summed E-state index contributed by atoms with van der Waals surface area (Å²) in [6.45, 7) is 4.34. The molecule has 2 aromatic heterocycles. The fourth-order valence-electron chi connectivity index (χ4n) is 2.18. The molecule has 0 unspecified atom stereocenters. The molecule has 0 saturated heterocycles. The SMILES string of the molecule is CCn1nncc1CNCc1ccn(-c2ccccc2)n1. The Morgan fingerprint density at radius 3 is 2.76 bits per heavy atom. The van der Waals surface area contributed by atoms with E-state index in [-0.39, 0.29) is 0 Å². The molecule has 6 heteroatoms. The molecular formula is C15H18N6. The molecule has 0 amide bonds. The van der Waals surface area contributed by atoms with Crippen molar-refractivity contribution in [1.82, 2.24) is 30.1 Å². The van der Waals surface area contributed by atoms with E-state index in [1.54, 1.807) is 6.20 Å². The van der Waals surface area contributed by atoms with Crippen molar-refractivity contribution < 1.29 is 0 Å². The number of hydrogen-bond acceptors (Lipinski definition) is 4. The van der Waals surface area contributed by atoms with E-state index in [1.165, 1.54) is 0 Å². The highest BCUT2D eigenvalue weighted by atomic mass is 15.4. The minimum absolute atomic E-state index is 0.717. The Morgan fingerprint density at radius 2 is 1.95 bits per heavy atom. The minimum Gasteiger partial charge on any atom is -0.305 e. The second kappa shape index (κ2) is 6.32. The van der Waals surface area contributed by atoms with Gasteiger partial charge in [-0.05, 0) is 25.1 Å². The molecule has 2 heterocycles. The number of para-hydroxylation sites is 1. The van der Waals surface area contributed by atoms with Gasteiger partial charge < -0.3 is 5.32 Å². The van der Waals surface area contributed by atoms with Crippen LogP contribution < -0.4 is 5.32 Å². The van der Waals surface area contributed by atoms with Gasteiger partial charge in [0.15, 0.2) is 0 Å². The van der Waals surface area contributed by atoms with Crippen LogP contribution in [0.15, 0.2) is 48.8 Å². The van der Waals surface area contributed by atoms with Gasteiger partial charge in [-0.3, -0.25) is 0 Å². The summed E-state index contributed by atoms with van der Waals surface area (Å²) in [5, 5.41) is 15.9. The van der Waals surface area contributed by atoms with Gasteiger partial charge in [0.05, 0.1) is 23.3 Å². The molecule has 0 saturated carbocycles. The Morgan fingerprint density at radius 1 is 1.10 bits per heavy atom. The first-order valence-electron chi connectivity index (χ1n) is 7.05. The Hall–Kier alpha value is -2.47. The monoisotopic (exact) mass is 282 g/mol. The molecule has 108 valence electrons. The van der Waals surface area contributed by atoms with Gasteiger partial charge in [-0.1, -0.05) is 23.4 Å². The third-order valence-electron chi connectivity index (χ3n) is 3.27. The molecule has 0 spiro atoms. The van der Waals surface area contributed by atoms with Crippen molar-refractivity contribution in [2.75, 3.05) is 0 Å². The second-order valence-electron chi connectivity index (χ2n) is 4.73. The van der Waals surface area contributed by atoms with E-state index in [0.29, 0.717) is 6.54 Å². The van der Waals surface area contributed by atoms with Crippen molar-refractivity contribution in [2.45, 2.75) is 26.6 Å². The van der Waals surface area contributed by atoms with Gasteiger partial charge in [-0.2, -0.15) is 5.10 Å². The van der Waals surface area contributed by atoms with E-state index < -0.39 is 0 Å². The van der Waals surface area contributed by atoms with Crippen LogP contribution in [-0.4, -0.2) is 24.8 Å². The van der Waals surface area contributed by atoms with Crippen LogP contribution >= 0.6 is 0 Å². The van der Waals surface area contributed by atoms with Gasteiger partial charge in [-0.15, -0.1) is 5.10 Å². The number of aryl methyl sites for hydroxylation is 1. The van der Waals surface area contributed by atoms with Gasteiger partial charge in [0, 0.05) is 25.8 Å². The third kappa shape index (κ3) is 3.17. The molecule has 0 bridgehead atoms. The Kier molecular flexibility index (Phi) is 4.07. The van der Waals surface area contributed by atoms with Crippen molar-refractivity contribution in [1.29, 1.82) is 0 Å². The standard InChI is InChI=1S/C15H18N6/c1-2-20-15(12-17-19-20)11-16-10-13-8-9-21(18-13)14-6-4-3-5-7-14/h3-9,12,16H,2,10-11H2,1H3. The van der Waals surface area contributed by atoms with Crippen LogP contribution in [-0.2, 0) is 19.6 Å². The fraction of sp³-hybridized carbons (Fsp3) is 0.267. The van der Waals surface area contributed by atoms with Crippen LogP contribution in [0.5, 0.6) is 0 Å². The van der Waals surface area contributed by atoms with Gasteiger partial charge in [-0.25, -0.2) is 9.36 Å². The number of nitrogens with one attached hydrogen (secondary N) is 1. The summed E-state index contributed by atoms with van der Waals surface area (Å²) in [4.78, 5) is 0. The normalized spacial score (nSPS) is 10.9. The topological polar surface area (TPSA) is 60.6 Å². The maximum absolute atomic E-state index is 4.56. The molecule has 1 N–H and O–H groups in total. The molecular weight excluding hydrogens is 264 g/mol. The van der Waals surface area contributed by atoms with Crippen LogP contribution in [0, 0.1) is 0 Å². The number of hydrogen-bond donors (Lipinski definition) is 1. The summed E-state index contributed by atoms with van der Waals surface area (Å²) in [5.74, 6) is 0. The van der Waals surface area contributed by atoms with E-state index in [4.69, 9.17) is 0 Å². The first-order chi connectivity index (χ1) is 10.4. The quantitative estimate of drug-likeness (QED) is 0.748. The van der Waals surface area contributed by atoms with E-state index >= 15 is 0 Å². The molecule has 0 radical (unpaired) electrons. The number of benzene rings is 1. The fourth-order valence-corrected chi connectivity index (χ4v) is 2.18. The summed E-state index contributed by atoms with van der Waals surface area (Å²) >= 11 is 0. The first kappa shape index (κ1) is 13.5. The molecule has 0 aliphatic rings. The van der Waals surface area contributed by atoms with Crippen molar-refractivity contribution in [3.05, 3.63) is 60.2 Å². The number of rotatable bonds is 6. The van der Waals surface area contributed by atoms with E-state index in [1.807, 2.05) is 52.0 Å². The largest absolute Gasteiger partial charge is 0.305 e. The molecule has 21 heavy (non-hydrogen) atoms. The average molecular weight is 282 g/mol. The molecule has 0 fully saturated rings. The summed E-state index contributed by atoms with van der Waals surface area (Å²) in [7, 11) is 0. The Labute approximate surface area is 123 Å². The summed E-state index contributed by atoms with van der Waals surface area (Å²) in [6.07, 6.45) is 3.77. The van der Waals surface area contributed by atoms with Crippen LogP contribution in [0.4, 0.5) is 0 Å². The molecule has 0 aliphatic carbocycles. The molecule has 3 rings (SSSR count). The Balaban J connectivity index is 1.58. The van der Waals surface area contributed by atoms with Crippen LogP contribution in [0.25, 0.3) is 5.69 Å². The van der Waals surface area contributed by atoms with Gasteiger partial charge >= 0.3 is 0 Å². The highest BCUT2D eigenvalue weighted by Gasteiger charge is 2.03. The predicted octanol–water partition coefficient (Wildman–Crippen LogP) is 1.77. The highest BCUT2D eigenvalue weighted by Crippen LogP contribution is 2.06. The smallest absolute Gasteiger partial charge is 0.0767 e. The van der Waals surface area contributed by atoms with E-state index in [2.05, 4.69) is 27.7 Å². The molecule has 0 atom stereocenters. The lowest BCUT2D eigenvalue weighted by Gasteiger charge is -2.04. The molecule has 1 aromatic carbocycles. The lowest BCUT2D eigenvalue weighted by molar-refractivity contribution is 0.564. The zero-order valence-corrected chi connectivity index (χ0v) is 12.0. The highest BCUT2D eigenvalue weighted by molar-refractivity contribution is 5.30. The molecule has 0 aliphatic heterocycles. The molecule has 3 aromatic rings. The Bertz CT molecular complexity index is 685. The average Bonchev–Trinajstić information content (AvgIpc) is 3.17. The van der Waals surface area contributed by atoms with E-state index in [9.17, 15) is 0 Å². The van der Waals surface area contributed by atoms with Crippen molar-refractivity contribution in [3.8, 4) is 5.69 Å². The van der Waals surface area contributed by atoms with Crippen molar-refractivity contribution >= 4 is 0 Å². The lowest BCUT2D eigenvalue weighted by atomic mass is 10.3. The zero-order chi connectivity index (χ0) is 14.5. The first-order valence-corrected chi connectivity index (χ1v) is 7.05. The van der Waals surface area contributed by atoms with Gasteiger partial charge in [0.2, 0.25) is 0 Å². The maximum Gasteiger partial charge on any atom is 0.0767 e. The van der Waals surface area contributed by atoms with Crippen LogP contribution in [0.2, 0.25) is 0 Å². The second-order valence-corrected chi connectivity index (χ2v) is 4.73. The molecule has 6 nitrogen and oxygen atoms in total. The van der Waals surface area contributed by atoms with Gasteiger partial charge in [0.1, 0.15) is 0 Å². The van der Waals surface area contributed by atoms with Crippen molar-refractivity contribution in [3.63, 3.8) is 0 Å². The van der Waals surface area contributed by atoms with Crippen LogP contribution in [0.3, 0.4) is 0 Å². The summed E-state index contributed by atoms with van der Waals surface area (Å²) in [6, 6.07) is 12.1. The predicted molar refractivity (Wildman–Crippen MR) is 79.8 cm³/mol. The number of aromatic nitrogens is 5. The minimum atomic E-state index is 0.717. The summed E-state index contributed by atoms with van der Waals surface area (Å²) in [5.41, 5.74) is 3.16. The zero-order valence-electron chi connectivity index (χ0n) is 12.0. The number of nitrogens with zero attached hydrogens (tertiary/aromatic N) is 5. The van der Waals surface area contributed by atoms with E-state index in [0.717, 1.165) is 30.2 Å². The third-order valence-corrected chi connectivity index (χ3v) is 3.27. The lowest BCUT2D eigenvalue weighted by Crippen LogP contribution is -2.16. The van der Waals surface area contributed by atoms with Crippen LogP contribution in [0.1, 0.15) is 18.3 Å². The van der Waals surface area contributed by atoms with Gasteiger partial charge in [0.25, 0.3) is 0 Å². The van der Waals surface area contributed by atoms with Crippen molar-refractivity contribution in [2.24, 2.45) is 0 Å². The summed E-state index contributed by atoms with van der Waals surface area (Å²) < 4.78 is 3.77.